The van der Waals surface area contributed by atoms with Gasteiger partial charge in [-0.25, -0.2) is 0 Å². The third-order valence-electron chi connectivity index (χ3n) is 1.34. The number of hydrogen-bond acceptors (Lipinski definition) is 4. The summed E-state index contributed by atoms with van der Waals surface area (Å²) in [5.41, 5.74) is 0. The summed E-state index contributed by atoms with van der Waals surface area (Å²) in [7, 11) is 0. The summed E-state index contributed by atoms with van der Waals surface area (Å²) in [5.74, 6) is -0.0344. The van der Waals surface area contributed by atoms with Gasteiger partial charge < -0.3 is 5.32 Å². The van der Waals surface area contributed by atoms with Crippen LogP contribution in [0.1, 0.15) is 16.9 Å². The van der Waals surface area contributed by atoms with Crippen molar-refractivity contribution in [1.29, 1.82) is 0 Å². The molecule has 4 nitrogen and oxygen atoms in total. The first-order valence-corrected chi connectivity index (χ1v) is 5.53. The summed E-state index contributed by atoms with van der Waals surface area (Å²) in [6.45, 7) is 4.12. The standard InChI is InChI=1S/C7H10BrN3OS/c1-4(8)7(12)9-3-6-11-10-5(2)13-6/h4H,3H2,1-2H3,(H,9,12). The zero-order chi connectivity index (χ0) is 9.84. The maximum atomic E-state index is 11.1. The van der Waals surface area contributed by atoms with Crippen LogP contribution in [0.3, 0.4) is 0 Å². The van der Waals surface area contributed by atoms with Crippen molar-refractivity contribution in [3.05, 3.63) is 10.0 Å². The first kappa shape index (κ1) is 10.6. The first-order chi connectivity index (χ1) is 6.09. The number of aryl methyl sites for hydroxylation is 1. The lowest BCUT2D eigenvalue weighted by molar-refractivity contribution is -0.120. The van der Waals surface area contributed by atoms with Crippen LogP contribution < -0.4 is 5.32 Å². The fourth-order valence-electron chi connectivity index (χ4n) is 0.712. The van der Waals surface area contributed by atoms with Gasteiger partial charge in [-0.1, -0.05) is 27.3 Å². The largest absolute Gasteiger partial charge is 0.349 e. The number of rotatable bonds is 3. The highest BCUT2D eigenvalue weighted by molar-refractivity contribution is 9.10. The van der Waals surface area contributed by atoms with Crippen LogP contribution in [0.5, 0.6) is 0 Å². The van der Waals surface area contributed by atoms with Crippen LogP contribution in [0.4, 0.5) is 0 Å². The molecule has 0 aromatic carbocycles. The second kappa shape index (κ2) is 4.66. The summed E-state index contributed by atoms with van der Waals surface area (Å²) < 4.78 is 0. The van der Waals surface area contributed by atoms with Crippen LogP contribution in [0.15, 0.2) is 0 Å². The summed E-state index contributed by atoms with van der Waals surface area (Å²) in [4.78, 5) is 11.0. The van der Waals surface area contributed by atoms with Crippen molar-refractivity contribution in [1.82, 2.24) is 15.5 Å². The highest BCUT2D eigenvalue weighted by Gasteiger charge is 2.08. The van der Waals surface area contributed by atoms with E-state index in [9.17, 15) is 4.79 Å². The molecular formula is C7H10BrN3OS. The summed E-state index contributed by atoms with van der Waals surface area (Å²) in [6.07, 6.45) is 0. The molecule has 6 heteroatoms. The van der Waals surface area contributed by atoms with Crippen LogP contribution in [0, 0.1) is 6.92 Å². The minimum Gasteiger partial charge on any atom is -0.349 e. The van der Waals surface area contributed by atoms with Gasteiger partial charge in [0.05, 0.1) is 11.4 Å². The zero-order valence-electron chi connectivity index (χ0n) is 7.37. The van der Waals surface area contributed by atoms with Gasteiger partial charge in [-0.3, -0.25) is 4.79 Å². The Hall–Kier alpha value is -0.490. The Balaban J connectivity index is 2.39. The normalized spacial score (nSPS) is 12.5. The molecule has 1 N–H and O–H groups in total. The molecule has 0 saturated heterocycles. The Morgan fingerprint density at radius 2 is 2.38 bits per heavy atom. The summed E-state index contributed by atoms with van der Waals surface area (Å²) in [6, 6.07) is 0. The number of carbonyl (C=O) groups excluding carboxylic acids is 1. The van der Waals surface area contributed by atoms with E-state index in [-0.39, 0.29) is 10.7 Å². The van der Waals surface area contributed by atoms with E-state index in [1.807, 2.05) is 6.92 Å². The van der Waals surface area contributed by atoms with E-state index < -0.39 is 0 Å². The average Bonchev–Trinajstić information content (AvgIpc) is 2.47. The molecule has 13 heavy (non-hydrogen) atoms. The van der Waals surface area contributed by atoms with Crippen molar-refractivity contribution < 1.29 is 4.79 Å². The number of nitrogens with one attached hydrogen (secondary N) is 1. The van der Waals surface area contributed by atoms with Crippen molar-refractivity contribution in [2.24, 2.45) is 0 Å². The van der Waals surface area contributed by atoms with E-state index in [2.05, 4.69) is 31.4 Å². The molecule has 1 atom stereocenters. The number of nitrogens with zero attached hydrogens (tertiary/aromatic N) is 2. The Bertz CT molecular complexity index is 300. The molecule has 0 fully saturated rings. The lowest BCUT2D eigenvalue weighted by Crippen LogP contribution is -2.28. The third-order valence-corrected chi connectivity index (χ3v) is 2.60. The van der Waals surface area contributed by atoms with Gasteiger partial charge >= 0.3 is 0 Å². The molecule has 1 aromatic heterocycles. The van der Waals surface area contributed by atoms with E-state index in [4.69, 9.17) is 0 Å². The molecule has 72 valence electrons. The Morgan fingerprint density at radius 1 is 1.69 bits per heavy atom. The topological polar surface area (TPSA) is 54.9 Å². The van der Waals surface area contributed by atoms with Gasteiger partial charge in [0.1, 0.15) is 10.0 Å². The quantitative estimate of drug-likeness (QED) is 0.836. The second-order valence-corrected chi connectivity index (χ2v) is 5.19. The monoisotopic (exact) mass is 263 g/mol. The predicted molar refractivity (Wildman–Crippen MR) is 54.9 cm³/mol. The van der Waals surface area contributed by atoms with Gasteiger partial charge in [0.2, 0.25) is 5.91 Å². The van der Waals surface area contributed by atoms with Crippen LogP contribution in [0.2, 0.25) is 0 Å². The molecular weight excluding hydrogens is 254 g/mol. The molecule has 1 rings (SSSR count). The molecule has 1 amide bonds. The van der Waals surface area contributed by atoms with Crippen LogP contribution in [-0.4, -0.2) is 20.9 Å². The molecule has 0 radical (unpaired) electrons. The van der Waals surface area contributed by atoms with Gasteiger partial charge in [-0.2, -0.15) is 0 Å². The fourth-order valence-corrected chi connectivity index (χ4v) is 1.52. The Kier molecular flexibility index (Phi) is 3.80. The van der Waals surface area contributed by atoms with Crippen LogP contribution in [-0.2, 0) is 11.3 Å². The molecule has 1 heterocycles. The van der Waals surface area contributed by atoms with Crippen molar-refractivity contribution in [2.45, 2.75) is 25.2 Å². The molecule has 1 aromatic rings. The lowest BCUT2D eigenvalue weighted by Gasteiger charge is -2.02. The van der Waals surface area contributed by atoms with Gasteiger partial charge in [-0.15, -0.1) is 10.2 Å². The van der Waals surface area contributed by atoms with Gasteiger partial charge in [0, 0.05) is 0 Å². The van der Waals surface area contributed by atoms with Crippen LogP contribution in [0.25, 0.3) is 0 Å². The highest BCUT2D eigenvalue weighted by Crippen LogP contribution is 2.07. The number of aromatic nitrogens is 2. The van der Waals surface area contributed by atoms with Crippen molar-refractivity contribution in [3.63, 3.8) is 0 Å². The van der Waals surface area contributed by atoms with E-state index >= 15 is 0 Å². The molecule has 0 bridgehead atoms. The number of hydrogen-bond donors (Lipinski definition) is 1. The smallest absolute Gasteiger partial charge is 0.233 e. The SMILES string of the molecule is Cc1nnc(CNC(=O)C(C)Br)s1. The minimum absolute atomic E-state index is 0.0344. The maximum Gasteiger partial charge on any atom is 0.233 e. The number of halogens is 1. The van der Waals surface area contributed by atoms with Gasteiger partial charge in [0.15, 0.2) is 0 Å². The van der Waals surface area contributed by atoms with Crippen molar-refractivity contribution in [2.75, 3.05) is 0 Å². The summed E-state index contributed by atoms with van der Waals surface area (Å²) in [5, 5.41) is 12.2. The van der Waals surface area contributed by atoms with E-state index in [0.29, 0.717) is 6.54 Å². The molecule has 1 unspecified atom stereocenters. The molecule has 0 aliphatic rings. The van der Waals surface area contributed by atoms with Gasteiger partial charge in [0.25, 0.3) is 0 Å². The lowest BCUT2D eigenvalue weighted by atomic mass is 10.4. The number of alkyl halides is 1. The van der Waals surface area contributed by atoms with Crippen molar-refractivity contribution >= 4 is 33.2 Å². The fraction of sp³-hybridized carbons (Fsp3) is 0.571. The minimum atomic E-state index is -0.165. The van der Waals surface area contributed by atoms with Crippen LogP contribution >= 0.6 is 27.3 Å². The van der Waals surface area contributed by atoms with Gasteiger partial charge in [-0.05, 0) is 13.8 Å². The summed E-state index contributed by atoms with van der Waals surface area (Å²) >= 11 is 4.66. The first-order valence-electron chi connectivity index (χ1n) is 3.80. The second-order valence-electron chi connectivity index (χ2n) is 2.55. The average molecular weight is 264 g/mol. The number of amides is 1. The molecule has 0 aliphatic carbocycles. The Morgan fingerprint density at radius 3 is 2.85 bits per heavy atom. The molecule has 0 spiro atoms. The highest BCUT2D eigenvalue weighted by atomic mass is 79.9. The van der Waals surface area contributed by atoms with E-state index in [0.717, 1.165) is 10.0 Å². The van der Waals surface area contributed by atoms with E-state index in [1.165, 1.54) is 11.3 Å². The van der Waals surface area contributed by atoms with Crippen molar-refractivity contribution in [3.8, 4) is 0 Å². The molecule has 0 saturated carbocycles. The Labute approximate surface area is 88.9 Å². The molecule has 0 aliphatic heterocycles. The van der Waals surface area contributed by atoms with E-state index in [1.54, 1.807) is 6.92 Å². The third kappa shape index (κ3) is 3.40. The number of carbonyl (C=O) groups is 1. The predicted octanol–water partition coefficient (Wildman–Crippen LogP) is 1.25. The zero-order valence-corrected chi connectivity index (χ0v) is 9.78. The maximum absolute atomic E-state index is 11.1.